The topological polar surface area (TPSA) is 73.7 Å². The van der Waals surface area contributed by atoms with Crippen LogP contribution in [0, 0.1) is 0 Å². The van der Waals surface area contributed by atoms with E-state index < -0.39 is 0 Å². The zero-order valence-corrected chi connectivity index (χ0v) is 8.73. The molecule has 0 aliphatic carbocycles. The molecule has 5 nitrogen and oxygen atoms in total. The smallest absolute Gasteiger partial charge is 0.290 e. The summed E-state index contributed by atoms with van der Waals surface area (Å²) in [6, 6.07) is 6.59. The normalized spacial score (nSPS) is 14.9. The summed E-state index contributed by atoms with van der Waals surface area (Å²) in [4.78, 5) is 15.8. The van der Waals surface area contributed by atoms with E-state index in [1.807, 2.05) is 0 Å². The quantitative estimate of drug-likeness (QED) is 0.642. The number of rotatable bonds is 2. The number of hydrogen-bond donors (Lipinski definition) is 3. The van der Waals surface area contributed by atoms with Gasteiger partial charge in [0.15, 0.2) is 5.84 Å². The van der Waals surface area contributed by atoms with Gasteiger partial charge in [0, 0.05) is 13.1 Å². The molecule has 84 valence electrons. The van der Waals surface area contributed by atoms with Gasteiger partial charge in [0.05, 0.1) is 5.69 Å². The largest absolute Gasteiger partial charge is 0.506 e. The third kappa shape index (κ3) is 2.31. The van der Waals surface area contributed by atoms with Crippen LogP contribution in [-0.2, 0) is 4.79 Å². The van der Waals surface area contributed by atoms with Crippen LogP contribution in [0.2, 0.25) is 0 Å². The predicted octanol–water partition coefficient (Wildman–Crippen LogP) is 0.722. The fourth-order valence-corrected chi connectivity index (χ4v) is 1.45. The molecule has 1 amide bonds. The number of nitrogens with one attached hydrogen (secondary N) is 2. The molecule has 1 aromatic carbocycles. The highest BCUT2D eigenvalue weighted by Gasteiger charge is 2.14. The number of anilines is 1. The molecule has 0 saturated heterocycles. The number of carbonyl (C=O) groups is 1. The summed E-state index contributed by atoms with van der Waals surface area (Å²) >= 11 is 0. The number of phenols is 1. The second-order valence-electron chi connectivity index (χ2n) is 3.48. The van der Waals surface area contributed by atoms with Gasteiger partial charge in [-0.25, -0.2) is 0 Å². The van der Waals surface area contributed by atoms with Gasteiger partial charge < -0.3 is 15.7 Å². The van der Waals surface area contributed by atoms with E-state index in [9.17, 15) is 9.90 Å². The molecule has 0 unspecified atom stereocenters. The zero-order chi connectivity index (χ0) is 11.4. The Morgan fingerprint density at radius 3 is 2.94 bits per heavy atom. The molecule has 0 radical (unpaired) electrons. The third-order valence-corrected chi connectivity index (χ3v) is 2.26. The SMILES string of the molecule is O=C(Nc1ccccc1O)C1=NCCCN1. The highest BCUT2D eigenvalue weighted by atomic mass is 16.3. The van der Waals surface area contributed by atoms with Crippen LogP contribution in [0.3, 0.4) is 0 Å². The first-order valence-corrected chi connectivity index (χ1v) is 5.15. The number of amidine groups is 1. The van der Waals surface area contributed by atoms with E-state index in [1.165, 1.54) is 6.07 Å². The van der Waals surface area contributed by atoms with E-state index in [4.69, 9.17) is 0 Å². The van der Waals surface area contributed by atoms with Gasteiger partial charge in [0.25, 0.3) is 5.91 Å². The minimum atomic E-state index is -0.318. The Balaban J connectivity index is 2.07. The maximum Gasteiger partial charge on any atom is 0.290 e. The van der Waals surface area contributed by atoms with Crippen molar-refractivity contribution < 1.29 is 9.90 Å². The lowest BCUT2D eigenvalue weighted by Gasteiger charge is -2.14. The second kappa shape index (κ2) is 4.65. The lowest BCUT2D eigenvalue weighted by atomic mass is 10.3. The maximum absolute atomic E-state index is 11.7. The Morgan fingerprint density at radius 1 is 1.44 bits per heavy atom. The van der Waals surface area contributed by atoms with Crippen LogP contribution in [0.4, 0.5) is 5.69 Å². The lowest BCUT2D eigenvalue weighted by Crippen LogP contribution is -2.39. The number of nitrogens with zero attached hydrogens (tertiary/aromatic N) is 1. The van der Waals surface area contributed by atoms with Crippen molar-refractivity contribution in [2.75, 3.05) is 18.4 Å². The summed E-state index contributed by atoms with van der Waals surface area (Å²) in [5, 5.41) is 15.0. The molecule has 0 fully saturated rings. The molecular weight excluding hydrogens is 206 g/mol. The number of carbonyl (C=O) groups excluding carboxylic acids is 1. The van der Waals surface area contributed by atoms with E-state index in [1.54, 1.807) is 18.2 Å². The molecular formula is C11H13N3O2. The standard InChI is InChI=1S/C11H13N3O2/c15-9-5-2-1-4-8(9)14-11(16)10-12-6-3-7-13-10/h1-2,4-5,15H,3,6-7H2,(H,12,13)(H,14,16). The molecule has 0 saturated carbocycles. The lowest BCUT2D eigenvalue weighted by molar-refractivity contribution is -0.110. The van der Waals surface area contributed by atoms with Crippen LogP contribution >= 0.6 is 0 Å². The van der Waals surface area contributed by atoms with E-state index in [0.29, 0.717) is 18.1 Å². The summed E-state index contributed by atoms with van der Waals surface area (Å²) in [6.07, 6.45) is 0.938. The molecule has 0 bridgehead atoms. The third-order valence-electron chi connectivity index (χ3n) is 2.26. The van der Waals surface area contributed by atoms with Crippen molar-refractivity contribution in [3.8, 4) is 5.75 Å². The zero-order valence-electron chi connectivity index (χ0n) is 8.73. The number of amides is 1. The highest BCUT2D eigenvalue weighted by Crippen LogP contribution is 2.21. The fourth-order valence-electron chi connectivity index (χ4n) is 1.45. The average Bonchev–Trinajstić information content (AvgIpc) is 2.33. The molecule has 0 spiro atoms. The molecule has 0 atom stereocenters. The summed E-state index contributed by atoms with van der Waals surface area (Å²) < 4.78 is 0. The maximum atomic E-state index is 11.7. The Hall–Kier alpha value is -2.04. The second-order valence-corrected chi connectivity index (χ2v) is 3.48. The van der Waals surface area contributed by atoms with Gasteiger partial charge in [-0.2, -0.15) is 0 Å². The molecule has 2 rings (SSSR count). The van der Waals surface area contributed by atoms with Crippen molar-refractivity contribution in [1.29, 1.82) is 0 Å². The molecule has 5 heteroatoms. The monoisotopic (exact) mass is 219 g/mol. The Bertz CT molecular complexity index is 429. The number of hydrogen-bond acceptors (Lipinski definition) is 4. The Kier molecular flexibility index (Phi) is 3.05. The molecule has 16 heavy (non-hydrogen) atoms. The molecule has 1 heterocycles. The number of benzene rings is 1. The van der Waals surface area contributed by atoms with Gasteiger partial charge in [-0.05, 0) is 18.6 Å². The summed E-state index contributed by atoms with van der Waals surface area (Å²) in [6.45, 7) is 1.42. The summed E-state index contributed by atoms with van der Waals surface area (Å²) in [5.41, 5.74) is 0.391. The Morgan fingerprint density at radius 2 is 2.25 bits per heavy atom. The van der Waals surface area contributed by atoms with Gasteiger partial charge in [-0.15, -0.1) is 0 Å². The first-order valence-electron chi connectivity index (χ1n) is 5.15. The molecule has 1 aromatic rings. The first kappa shape index (κ1) is 10.5. The van der Waals surface area contributed by atoms with E-state index in [-0.39, 0.29) is 11.7 Å². The summed E-state index contributed by atoms with van der Waals surface area (Å²) in [5.74, 6) is 0.0583. The van der Waals surface area contributed by atoms with Gasteiger partial charge >= 0.3 is 0 Å². The van der Waals surface area contributed by atoms with Crippen molar-refractivity contribution in [3.05, 3.63) is 24.3 Å². The van der Waals surface area contributed by atoms with Crippen LogP contribution in [0.1, 0.15) is 6.42 Å². The van der Waals surface area contributed by atoms with E-state index >= 15 is 0 Å². The van der Waals surface area contributed by atoms with Gasteiger partial charge in [-0.3, -0.25) is 9.79 Å². The molecule has 3 N–H and O–H groups in total. The molecule has 1 aliphatic heterocycles. The summed E-state index contributed by atoms with van der Waals surface area (Å²) in [7, 11) is 0. The van der Waals surface area contributed by atoms with E-state index in [2.05, 4.69) is 15.6 Å². The van der Waals surface area contributed by atoms with Crippen LogP contribution in [0.15, 0.2) is 29.3 Å². The van der Waals surface area contributed by atoms with Gasteiger partial charge in [0.1, 0.15) is 5.75 Å². The van der Waals surface area contributed by atoms with Crippen molar-refractivity contribution in [3.63, 3.8) is 0 Å². The fraction of sp³-hybridized carbons (Fsp3) is 0.273. The van der Waals surface area contributed by atoms with Crippen LogP contribution in [0.25, 0.3) is 0 Å². The molecule has 1 aliphatic rings. The van der Waals surface area contributed by atoms with Crippen LogP contribution < -0.4 is 10.6 Å². The van der Waals surface area contributed by atoms with Crippen LogP contribution in [0.5, 0.6) is 5.75 Å². The van der Waals surface area contributed by atoms with Crippen molar-refractivity contribution in [2.45, 2.75) is 6.42 Å². The van der Waals surface area contributed by atoms with Crippen molar-refractivity contribution in [2.24, 2.45) is 4.99 Å². The predicted molar refractivity (Wildman–Crippen MR) is 61.7 cm³/mol. The average molecular weight is 219 g/mol. The Labute approximate surface area is 93.2 Å². The van der Waals surface area contributed by atoms with Crippen molar-refractivity contribution >= 4 is 17.4 Å². The minimum absolute atomic E-state index is 0.0484. The number of aromatic hydroxyl groups is 1. The number of aliphatic imine (C=N–C) groups is 1. The number of phenolic OH excluding ortho intramolecular Hbond substituents is 1. The van der Waals surface area contributed by atoms with E-state index in [0.717, 1.165) is 13.0 Å². The van der Waals surface area contributed by atoms with Gasteiger partial charge in [0.2, 0.25) is 0 Å². The highest BCUT2D eigenvalue weighted by molar-refractivity contribution is 6.42. The van der Waals surface area contributed by atoms with Crippen LogP contribution in [-0.4, -0.2) is 29.9 Å². The molecule has 0 aromatic heterocycles. The first-order chi connectivity index (χ1) is 7.77. The van der Waals surface area contributed by atoms with Crippen molar-refractivity contribution in [1.82, 2.24) is 5.32 Å². The minimum Gasteiger partial charge on any atom is -0.506 e. The number of para-hydroxylation sites is 2. The van der Waals surface area contributed by atoms with Gasteiger partial charge in [-0.1, -0.05) is 12.1 Å².